The summed E-state index contributed by atoms with van der Waals surface area (Å²) < 4.78 is 1.07. The van der Waals surface area contributed by atoms with E-state index in [0.717, 1.165) is 21.2 Å². The van der Waals surface area contributed by atoms with Crippen LogP contribution in [0.15, 0.2) is 77.3 Å². The molecule has 1 aromatic heterocycles. The molecular formula is C19H12BrN. The molecule has 0 saturated carbocycles. The average molecular weight is 334 g/mol. The van der Waals surface area contributed by atoms with Crippen molar-refractivity contribution in [2.24, 2.45) is 0 Å². The lowest BCUT2D eigenvalue weighted by Crippen LogP contribution is -1.90. The summed E-state index contributed by atoms with van der Waals surface area (Å²) in [4.78, 5) is 4.90. The molecule has 1 nitrogen and oxygen atoms in total. The van der Waals surface area contributed by atoms with E-state index in [4.69, 9.17) is 4.98 Å². The molecule has 3 aromatic carbocycles. The zero-order chi connectivity index (χ0) is 14.2. The van der Waals surface area contributed by atoms with Crippen molar-refractivity contribution in [2.45, 2.75) is 0 Å². The maximum absolute atomic E-state index is 4.90. The Kier molecular flexibility index (Phi) is 2.97. The van der Waals surface area contributed by atoms with Crippen LogP contribution in [-0.2, 0) is 0 Å². The minimum Gasteiger partial charge on any atom is -0.247 e. The normalized spacial score (nSPS) is 11.1. The number of benzene rings is 3. The van der Waals surface area contributed by atoms with Crippen LogP contribution in [0.25, 0.3) is 32.9 Å². The van der Waals surface area contributed by atoms with E-state index in [1.54, 1.807) is 0 Å². The molecule has 4 aromatic rings. The summed E-state index contributed by atoms with van der Waals surface area (Å²) >= 11 is 3.64. The number of hydrogen-bond acceptors (Lipinski definition) is 1. The number of hydrogen-bond donors (Lipinski definition) is 0. The van der Waals surface area contributed by atoms with Crippen molar-refractivity contribution < 1.29 is 0 Å². The van der Waals surface area contributed by atoms with Gasteiger partial charge in [-0.2, -0.15) is 0 Å². The fourth-order valence-electron chi connectivity index (χ4n) is 2.76. The second kappa shape index (κ2) is 4.97. The molecule has 0 radical (unpaired) electrons. The zero-order valence-corrected chi connectivity index (χ0v) is 12.8. The van der Waals surface area contributed by atoms with Gasteiger partial charge in [-0.25, -0.2) is 4.98 Å². The summed E-state index contributed by atoms with van der Waals surface area (Å²) in [6, 6.07) is 25.0. The van der Waals surface area contributed by atoms with Crippen molar-refractivity contribution >= 4 is 37.6 Å². The van der Waals surface area contributed by atoms with Crippen LogP contribution in [-0.4, -0.2) is 4.98 Å². The van der Waals surface area contributed by atoms with Crippen molar-refractivity contribution in [1.82, 2.24) is 4.98 Å². The van der Waals surface area contributed by atoms with E-state index in [-0.39, 0.29) is 0 Å². The highest BCUT2D eigenvalue weighted by atomic mass is 79.9. The quantitative estimate of drug-likeness (QED) is 0.400. The molecule has 0 spiro atoms. The minimum absolute atomic E-state index is 1.02. The van der Waals surface area contributed by atoms with E-state index < -0.39 is 0 Å². The van der Waals surface area contributed by atoms with Crippen molar-refractivity contribution in [2.75, 3.05) is 0 Å². The van der Waals surface area contributed by atoms with Crippen LogP contribution in [0.2, 0.25) is 0 Å². The third kappa shape index (κ3) is 2.03. The van der Waals surface area contributed by atoms with Crippen LogP contribution in [0.4, 0.5) is 0 Å². The minimum atomic E-state index is 1.02. The summed E-state index contributed by atoms with van der Waals surface area (Å²) in [5.41, 5.74) is 3.18. The molecule has 0 bridgehead atoms. The van der Waals surface area contributed by atoms with Gasteiger partial charge in [-0.05, 0) is 17.5 Å². The summed E-state index contributed by atoms with van der Waals surface area (Å²) in [5, 5.41) is 3.63. The van der Waals surface area contributed by atoms with Crippen molar-refractivity contribution in [3.8, 4) is 11.3 Å². The first-order valence-corrected chi connectivity index (χ1v) is 7.66. The molecule has 0 fully saturated rings. The molecule has 0 aliphatic rings. The van der Waals surface area contributed by atoms with Crippen LogP contribution in [0.1, 0.15) is 0 Å². The monoisotopic (exact) mass is 333 g/mol. The Hall–Kier alpha value is -2.19. The van der Waals surface area contributed by atoms with Crippen molar-refractivity contribution in [3.05, 3.63) is 77.3 Å². The largest absolute Gasteiger partial charge is 0.247 e. The Morgan fingerprint density at radius 1 is 0.619 bits per heavy atom. The van der Waals surface area contributed by atoms with Gasteiger partial charge in [0, 0.05) is 20.8 Å². The van der Waals surface area contributed by atoms with Crippen LogP contribution >= 0.6 is 15.9 Å². The first-order chi connectivity index (χ1) is 10.3. The van der Waals surface area contributed by atoms with Crippen LogP contribution in [0.3, 0.4) is 0 Å². The second-order valence-electron chi connectivity index (χ2n) is 5.00. The Bertz CT molecular complexity index is 960. The zero-order valence-electron chi connectivity index (χ0n) is 11.3. The highest BCUT2D eigenvalue weighted by Gasteiger charge is 2.11. The molecule has 4 rings (SSSR count). The molecule has 2 heteroatoms. The van der Waals surface area contributed by atoms with Gasteiger partial charge in [0.1, 0.15) is 0 Å². The average Bonchev–Trinajstić information content (AvgIpc) is 2.55. The Morgan fingerprint density at radius 3 is 2.05 bits per heavy atom. The topological polar surface area (TPSA) is 12.9 Å². The summed E-state index contributed by atoms with van der Waals surface area (Å²) in [6.45, 7) is 0. The number of aromatic nitrogens is 1. The molecule has 0 unspecified atom stereocenters. The maximum atomic E-state index is 4.90. The first-order valence-electron chi connectivity index (χ1n) is 6.87. The standard InChI is InChI=1S/C19H12BrN/c20-17-11-5-3-10-16(17)19-15-9-2-1-7-13(15)14-8-4-6-12-18(14)21-19/h1-12H. The number of nitrogens with zero attached hydrogens (tertiary/aromatic N) is 1. The van der Waals surface area contributed by atoms with Crippen molar-refractivity contribution in [3.63, 3.8) is 0 Å². The molecule has 0 N–H and O–H groups in total. The summed E-state index contributed by atoms with van der Waals surface area (Å²) in [5.74, 6) is 0. The lowest BCUT2D eigenvalue weighted by Gasteiger charge is -2.11. The third-order valence-corrected chi connectivity index (χ3v) is 4.43. The van der Waals surface area contributed by atoms with Gasteiger partial charge in [0.05, 0.1) is 11.2 Å². The molecule has 0 amide bonds. The number of pyridine rings is 1. The highest BCUT2D eigenvalue weighted by molar-refractivity contribution is 9.10. The molecule has 0 aliphatic carbocycles. The molecule has 1 heterocycles. The van der Waals surface area contributed by atoms with Gasteiger partial charge in [0.2, 0.25) is 0 Å². The predicted octanol–water partition coefficient (Wildman–Crippen LogP) is 5.82. The summed E-state index contributed by atoms with van der Waals surface area (Å²) in [7, 11) is 0. The lowest BCUT2D eigenvalue weighted by molar-refractivity contribution is 1.42. The fourth-order valence-corrected chi connectivity index (χ4v) is 3.24. The van der Waals surface area contributed by atoms with Crippen molar-refractivity contribution in [1.29, 1.82) is 0 Å². The lowest BCUT2D eigenvalue weighted by atomic mass is 10.0. The van der Waals surface area contributed by atoms with E-state index in [2.05, 4.69) is 70.5 Å². The molecule has 0 aliphatic heterocycles. The maximum Gasteiger partial charge on any atom is 0.0799 e. The molecule has 0 atom stereocenters. The van der Waals surface area contributed by atoms with E-state index in [9.17, 15) is 0 Å². The Balaban J connectivity index is 2.20. The van der Waals surface area contributed by atoms with Gasteiger partial charge in [-0.1, -0.05) is 76.6 Å². The van der Waals surface area contributed by atoms with Gasteiger partial charge in [0.25, 0.3) is 0 Å². The summed E-state index contributed by atoms with van der Waals surface area (Å²) in [6.07, 6.45) is 0. The van der Waals surface area contributed by atoms with E-state index in [0.29, 0.717) is 0 Å². The molecule has 100 valence electrons. The highest BCUT2D eigenvalue weighted by Crippen LogP contribution is 2.35. The number of rotatable bonds is 1. The van der Waals surface area contributed by atoms with Crippen LogP contribution < -0.4 is 0 Å². The Labute approximate surface area is 131 Å². The second-order valence-corrected chi connectivity index (χ2v) is 5.86. The SMILES string of the molecule is Brc1ccccc1-c1nc2ccccc2c2ccccc12. The van der Waals surface area contributed by atoms with E-state index >= 15 is 0 Å². The van der Waals surface area contributed by atoms with E-state index in [1.165, 1.54) is 16.2 Å². The van der Waals surface area contributed by atoms with Crippen LogP contribution in [0.5, 0.6) is 0 Å². The van der Waals surface area contributed by atoms with E-state index in [1.807, 2.05) is 18.2 Å². The number of para-hydroxylation sites is 1. The fraction of sp³-hybridized carbons (Fsp3) is 0. The molecular weight excluding hydrogens is 322 g/mol. The Morgan fingerprint density at radius 2 is 1.24 bits per heavy atom. The molecule has 21 heavy (non-hydrogen) atoms. The first kappa shape index (κ1) is 12.5. The number of halogens is 1. The number of fused-ring (bicyclic) bond motifs is 3. The van der Waals surface area contributed by atoms with Gasteiger partial charge in [-0.3, -0.25) is 0 Å². The third-order valence-electron chi connectivity index (χ3n) is 3.74. The van der Waals surface area contributed by atoms with Gasteiger partial charge < -0.3 is 0 Å². The van der Waals surface area contributed by atoms with Gasteiger partial charge in [0.15, 0.2) is 0 Å². The smallest absolute Gasteiger partial charge is 0.0799 e. The van der Waals surface area contributed by atoms with Gasteiger partial charge in [-0.15, -0.1) is 0 Å². The van der Waals surface area contributed by atoms with Gasteiger partial charge >= 0.3 is 0 Å². The van der Waals surface area contributed by atoms with Crippen LogP contribution in [0, 0.1) is 0 Å². The molecule has 0 saturated heterocycles. The predicted molar refractivity (Wildman–Crippen MR) is 92.4 cm³/mol.